The van der Waals surface area contributed by atoms with E-state index in [2.05, 4.69) is 10.6 Å². The quantitative estimate of drug-likeness (QED) is 0.719. The highest BCUT2D eigenvalue weighted by Gasteiger charge is 2.25. The number of hydrogen-bond donors (Lipinski definition) is 3. The van der Waals surface area contributed by atoms with Gasteiger partial charge in [-0.05, 0) is 17.3 Å². The summed E-state index contributed by atoms with van der Waals surface area (Å²) in [5.41, 5.74) is -0.0679. The molecule has 0 aromatic carbocycles. The number of aliphatic carboxylic acids is 1. The molecule has 0 heterocycles. The molecule has 1 atom stereocenters. The molecule has 0 aliphatic heterocycles. The van der Waals surface area contributed by atoms with Gasteiger partial charge in [0, 0.05) is 13.1 Å². The number of urea groups is 1. The molecule has 0 saturated carbocycles. The number of carbonyl (C=O) groups is 2. The lowest BCUT2D eigenvalue weighted by molar-refractivity contribution is -0.142. The van der Waals surface area contributed by atoms with E-state index >= 15 is 0 Å². The Balaban J connectivity index is 4.19. The SMILES string of the molecule is CC(C)(C)CNC(=O)NCC(CC(C)(C)C)C(=O)O. The molecule has 0 rings (SSSR count). The Morgan fingerprint density at radius 2 is 1.53 bits per heavy atom. The minimum absolute atomic E-state index is 0.00888. The van der Waals surface area contributed by atoms with E-state index in [1.807, 2.05) is 41.5 Å². The van der Waals surface area contributed by atoms with Crippen LogP contribution < -0.4 is 10.6 Å². The van der Waals surface area contributed by atoms with Crippen LogP contribution in [0, 0.1) is 16.7 Å². The number of nitrogens with one attached hydrogen (secondary N) is 2. The summed E-state index contributed by atoms with van der Waals surface area (Å²) in [6.07, 6.45) is 0.530. The van der Waals surface area contributed by atoms with Crippen LogP contribution in [0.1, 0.15) is 48.0 Å². The molecule has 0 aromatic heterocycles. The first-order valence-electron chi connectivity index (χ1n) is 6.65. The van der Waals surface area contributed by atoms with Gasteiger partial charge in [0.1, 0.15) is 0 Å². The van der Waals surface area contributed by atoms with Crippen molar-refractivity contribution in [3.8, 4) is 0 Å². The van der Waals surface area contributed by atoms with Gasteiger partial charge in [-0.2, -0.15) is 0 Å². The summed E-state index contributed by atoms with van der Waals surface area (Å²) in [7, 11) is 0. The molecule has 1 unspecified atom stereocenters. The van der Waals surface area contributed by atoms with Gasteiger partial charge in [-0.15, -0.1) is 0 Å². The summed E-state index contributed by atoms with van der Waals surface area (Å²) < 4.78 is 0. The highest BCUT2D eigenvalue weighted by molar-refractivity contribution is 5.75. The lowest BCUT2D eigenvalue weighted by Crippen LogP contribution is -2.43. The summed E-state index contributed by atoms with van der Waals surface area (Å²) in [5, 5.41) is 14.5. The molecule has 112 valence electrons. The zero-order valence-corrected chi connectivity index (χ0v) is 13.0. The van der Waals surface area contributed by atoms with Gasteiger partial charge in [-0.3, -0.25) is 4.79 Å². The lowest BCUT2D eigenvalue weighted by atomic mass is 9.84. The van der Waals surface area contributed by atoms with Crippen LogP contribution in [0.15, 0.2) is 0 Å². The second-order valence-corrected chi connectivity index (χ2v) is 7.42. The van der Waals surface area contributed by atoms with Gasteiger partial charge in [0.05, 0.1) is 5.92 Å². The fourth-order valence-electron chi connectivity index (χ4n) is 1.61. The zero-order chi connectivity index (χ0) is 15.3. The number of rotatable bonds is 5. The molecule has 0 saturated heterocycles. The summed E-state index contributed by atoms with van der Waals surface area (Å²) >= 11 is 0. The Morgan fingerprint density at radius 3 is 1.89 bits per heavy atom. The molecule has 0 bridgehead atoms. The number of carboxylic acids is 1. The van der Waals surface area contributed by atoms with E-state index in [-0.39, 0.29) is 23.4 Å². The third-order valence-corrected chi connectivity index (χ3v) is 2.50. The topological polar surface area (TPSA) is 78.4 Å². The zero-order valence-electron chi connectivity index (χ0n) is 13.0. The van der Waals surface area contributed by atoms with Gasteiger partial charge in [0.15, 0.2) is 0 Å². The molecule has 0 aliphatic carbocycles. The highest BCUT2D eigenvalue weighted by atomic mass is 16.4. The van der Waals surface area contributed by atoms with Crippen molar-refractivity contribution in [1.29, 1.82) is 0 Å². The van der Waals surface area contributed by atoms with E-state index in [1.165, 1.54) is 0 Å². The predicted octanol–water partition coefficient (Wildman–Crippen LogP) is 2.47. The largest absolute Gasteiger partial charge is 0.481 e. The smallest absolute Gasteiger partial charge is 0.314 e. The van der Waals surface area contributed by atoms with Crippen molar-refractivity contribution in [2.45, 2.75) is 48.0 Å². The van der Waals surface area contributed by atoms with Crippen molar-refractivity contribution in [3.63, 3.8) is 0 Å². The monoisotopic (exact) mass is 272 g/mol. The van der Waals surface area contributed by atoms with Gasteiger partial charge < -0.3 is 15.7 Å². The molecule has 3 N–H and O–H groups in total. The molecule has 0 spiro atoms. The van der Waals surface area contributed by atoms with Crippen molar-refractivity contribution in [1.82, 2.24) is 10.6 Å². The third-order valence-electron chi connectivity index (χ3n) is 2.50. The molecule has 0 aliphatic rings. The summed E-state index contributed by atoms with van der Waals surface area (Å²) in [6.45, 7) is 12.7. The van der Waals surface area contributed by atoms with E-state index in [0.717, 1.165) is 0 Å². The minimum Gasteiger partial charge on any atom is -0.481 e. The Labute approximate surface area is 116 Å². The van der Waals surface area contributed by atoms with Crippen LogP contribution in [0.4, 0.5) is 4.79 Å². The van der Waals surface area contributed by atoms with Crippen LogP contribution in [0.5, 0.6) is 0 Å². The fraction of sp³-hybridized carbons (Fsp3) is 0.857. The van der Waals surface area contributed by atoms with Crippen LogP contribution >= 0.6 is 0 Å². The van der Waals surface area contributed by atoms with E-state index in [9.17, 15) is 9.59 Å². The molecular weight excluding hydrogens is 244 g/mol. The molecule has 0 radical (unpaired) electrons. The molecular formula is C14H28N2O3. The molecule has 19 heavy (non-hydrogen) atoms. The minimum atomic E-state index is -0.869. The third kappa shape index (κ3) is 10.4. The standard InChI is InChI=1S/C14H28N2O3/c1-13(2,3)7-10(11(17)18)8-15-12(19)16-9-14(4,5)6/h10H,7-9H2,1-6H3,(H,17,18)(H2,15,16,19). The van der Waals surface area contributed by atoms with Crippen molar-refractivity contribution >= 4 is 12.0 Å². The molecule has 0 aromatic rings. The van der Waals surface area contributed by atoms with Crippen LogP contribution in [0.3, 0.4) is 0 Å². The number of carboxylic acid groups (broad SMARTS) is 1. The van der Waals surface area contributed by atoms with Crippen molar-refractivity contribution < 1.29 is 14.7 Å². The number of amides is 2. The van der Waals surface area contributed by atoms with Crippen LogP contribution in [0.2, 0.25) is 0 Å². The number of hydrogen-bond acceptors (Lipinski definition) is 2. The van der Waals surface area contributed by atoms with Gasteiger partial charge in [0.25, 0.3) is 0 Å². The molecule has 2 amide bonds. The summed E-state index contributed by atoms with van der Waals surface area (Å²) in [6, 6.07) is -0.310. The predicted molar refractivity (Wildman–Crippen MR) is 76.1 cm³/mol. The molecule has 5 heteroatoms. The Bertz CT molecular complexity index is 314. The van der Waals surface area contributed by atoms with Gasteiger partial charge in [-0.1, -0.05) is 41.5 Å². The van der Waals surface area contributed by atoms with Crippen molar-refractivity contribution in [2.24, 2.45) is 16.7 Å². The number of carbonyl (C=O) groups excluding carboxylic acids is 1. The van der Waals surface area contributed by atoms with Gasteiger partial charge in [0.2, 0.25) is 0 Å². The van der Waals surface area contributed by atoms with Crippen molar-refractivity contribution in [3.05, 3.63) is 0 Å². The lowest BCUT2D eigenvalue weighted by Gasteiger charge is -2.24. The van der Waals surface area contributed by atoms with Gasteiger partial charge in [-0.25, -0.2) is 4.79 Å². The Kier molecular flexibility index (Phi) is 6.33. The second kappa shape index (κ2) is 6.78. The van der Waals surface area contributed by atoms with E-state index in [0.29, 0.717) is 13.0 Å². The molecule has 0 fully saturated rings. The maximum absolute atomic E-state index is 11.6. The van der Waals surface area contributed by atoms with Gasteiger partial charge >= 0.3 is 12.0 Å². The first-order chi connectivity index (χ1) is 8.41. The second-order valence-electron chi connectivity index (χ2n) is 7.42. The normalized spacial score (nSPS) is 13.8. The average Bonchev–Trinajstić information content (AvgIpc) is 2.18. The van der Waals surface area contributed by atoms with Crippen molar-refractivity contribution in [2.75, 3.05) is 13.1 Å². The van der Waals surface area contributed by atoms with Crippen LogP contribution in [-0.4, -0.2) is 30.2 Å². The maximum Gasteiger partial charge on any atom is 0.314 e. The maximum atomic E-state index is 11.6. The van der Waals surface area contributed by atoms with Crippen LogP contribution in [0.25, 0.3) is 0 Å². The first kappa shape index (κ1) is 17.7. The van der Waals surface area contributed by atoms with E-state index in [4.69, 9.17) is 5.11 Å². The van der Waals surface area contributed by atoms with E-state index < -0.39 is 11.9 Å². The molecule has 5 nitrogen and oxygen atoms in total. The fourth-order valence-corrected chi connectivity index (χ4v) is 1.61. The van der Waals surface area contributed by atoms with Crippen LogP contribution in [-0.2, 0) is 4.79 Å². The average molecular weight is 272 g/mol. The first-order valence-corrected chi connectivity index (χ1v) is 6.65. The Morgan fingerprint density at radius 1 is 1.00 bits per heavy atom. The van der Waals surface area contributed by atoms with E-state index in [1.54, 1.807) is 0 Å². The summed E-state index contributed by atoms with van der Waals surface area (Å²) in [5.74, 6) is -1.42. The highest BCUT2D eigenvalue weighted by Crippen LogP contribution is 2.24. The summed E-state index contributed by atoms with van der Waals surface area (Å²) in [4.78, 5) is 22.7. The Hall–Kier alpha value is -1.26.